The minimum absolute atomic E-state index is 0.195. The number of anilines is 1. The predicted molar refractivity (Wildman–Crippen MR) is 114 cm³/mol. The maximum atomic E-state index is 5.96. The third-order valence-corrected chi connectivity index (χ3v) is 6.05. The molecule has 3 aromatic rings. The highest BCUT2D eigenvalue weighted by molar-refractivity contribution is 7.19. The highest BCUT2D eigenvalue weighted by Gasteiger charge is 2.31. The number of nitrogens with zero attached hydrogens (tertiary/aromatic N) is 2. The summed E-state index contributed by atoms with van der Waals surface area (Å²) < 4.78 is 11.7. The number of aromatic nitrogens is 2. The number of nitrogens with one attached hydrogen (secondary N) is 1. The summed E-state index contributed by atoms with van der Waals surface area (Å²) >= 11 is 1.66. The highest BCUT2D eigenvalue weighted by Crippen LogP contribution is 2.41. The Morgan fingerprint density at radius 2 is 2.04 bits per heavy atom. The van der Waals surface area contributed by atoms with Crippen molar-refractivity contribution in [1.82, 2.24) is 9.97 Å². The minimum atomic E-state index is -0.195. The molecule has 0 atom stereocenters. The van der Waals surface area contributed by atoms with Gasteiger partial charge in [-0.1, -0.05) is 13.3 Å². The van der Waals surface area contributed by atoms with Gasteiger partial charge in [-0.15, -0.1) is 11.3 Å². The summed E-state index contributed by atoms with van der Waals surface area (Å²) in [6, 6.07) is 7.90. The van der Waals surface area contributed by atoms with Crippen molar-refractivity contribution in [3.8, 4) is 17.1 Å². The molecular weight excluding hydrogens is 372 g/mol. The van der Waals surface area contributed by atoms with E-state index in [0.29, 0.717) is 18.2 Å². The normalized spacial score (nSPS) is 15.4. The molecule has 4 rings (SSSR count). The Kier molecular flexibility index (Phi) is 5.23. The number of fused-ring (bicyclic) bond motifs is 3. The molecule has 148 valence electrons. The Hall–Kier alpha value is -2.22. The number of benzene rings is 1. The standard InChI is InChI=1S/C21H26N4O2S/c1-4-5-10-26-14-8-6-13(7-9-14)18-23-19(25-22)17-15-11-21(2,3)27-12-16(15)28-20(17)24-18/h6-9H,4-5,10-12,22H2,1-3H3,(H,23,24,25). The van der Waals surface area contributed by atoms with Crippen LogP contribution in [-0.2, 0) is 17.8 Å². The van der Waals surface area contributed by atoms with E-state index in [1.54, 1.807) is 11.3 Å². The zero-order chi connectivity index (χ0) is 19.7. The first-order valence-electron chi connectivity index (χ1n) is 9.67. The van der Waals surface area contributed by atoms with Gasteiger partial charge in [-0.05, 0) is 50.1 Å². The molecule has 0 radical (unpaired) electrons. The van der Waals surface area contributed by atoms with E-state index in [1.807, 2.05) is 24.3 Å². The van der Waals surface area contributed by atoms with Gasteiger partial charge in [0, 0.05) is 16.9 Å². The van der Waals surface area contributed by atoms with Crippen LogP contribution in [0.1, 0.15) is 44.1 Å². The summed E-state index contributed by atoms with van der Waals surface area (Å²) in [4.78, 5) is 11.7. The van der Waals surface area contributed by atoms with Crippen molar-refractivity contribution < 1.29 is 9.47 Å². The Bertz CT molecular complexity index is 982. The SMILES string of the molecule is CCCCOc1ccc(-c2nc(NN)c3c4c(sc3n2)COC(C)(C)C4)cc1. The van der Waals surface area contributed by atoms with Crippen molar-refractivity contribution in [3.63, 3.8) is 0 Å². The average molecular weight is 399 g/mol. The van der Waals surface area contributed by atoms with Gasteiger partial charge in [-0.25, -0.2) is 15.8 Å². The van der Waals surface area contributed by atoms with Gasteiger partial charge in [0.1, 0.15) is 10.6 Å². The maximum absolute atomic E-state index is 5.96. The lowest BCUT2D eigenvalue weighted by Gasteiger charge is -2.30. The lowest BCUT2D eigenvalue weighted by atomic mass is 9.94. The smallest absolute Gasteiger partial charge is 0.163 e. The van der Waals surface area contributed by atoms with Crippen molar-refractivity contribution in [2.24, 2.45) is 5.84 Å². The fraction of sp³-hybridized carbons (Fsp3) is 0.429. The van der Waals surface area contributed by atoms with E-state index in [-0.39, 0.29) is 5.60 Å². The number of thiophene rings is 1. The summed E-state index contributed by atoms with van der Waals surface area (Å²) in [6.45, 7) is 7.70. The quantitative estimate of drug-likeness (QED) is 0.357. The number of hydrogen-bond donors (Lipinski definition) is 2. The Morgan fingerprint density at radius 3 is 2.75 bits per heavy atom. The second-order valence-electron chi connectivity index (χ2n) is 7.68. The second kappa shape index (κ2) is 7.66. The van der Waals surface area contributed by atoms with Gasteiger partial charge in [-0.3, -0.25) is 0 Å². The van der Waals surface area contributed by atoms with Crippen molar-refractivity contribution in [3.05, 3.63) is 34.7 Å². The van der Waals surface area contributed by atoms with Gasteiger partial charge in [0.15, 0.2) is 11.6 Å². The van der Waals surface area contributed by atoms with E-state index in [1.165, 1.54) is 10.4 Å². The molecule has 1 aliphatic heterocycles. The molecule has 7 heteroatoms. The fourth-order valence-corrected chi connectivity index (χ4v) is 4.52. The zero-order valence-electron chi connectivity index (χ0n) is 16.5. The molecule has 3 heterocycles. The van der Waals surface area contributed by atoms with E-state index in [0.717, 1.165) is 47.4 Å². The molecule has 0 bridgehead atoms. The topological polar surface area (TPSA) is 82.3 Å². The monoisotopic (exact) mass is 398 g/mol. The van der Waals surface area contributed by atoms with Crippen LogP contribution in [0.4, 0.5) is 5.82 Å². The van der Waals surface area contributed by atoms with Crippen LogP contribution in [0.5, 0.6) is 5.75 Å². The Labute approximate surface area is 169 Å². The van der Waals surface area contributed by atoms with Gasteiger partial charge in [0.2, 0.25) is 0 Å². The minimum Gasteiger partial charge on any atom is -0.494 e. The van der Waals surface area contributed by atoms with E-state index < -0.39 is 0 Å². The van der Waals surface area contributed by atoms with Crippen LogP contribution < -0.4 is 16.0 Å². The van der Waals surface area contributed by atoms with Crippen LogP contribution in [-0.4, -0.2) is 22.2 Å². The molecule has 3 N–H and O–H groups in total. The second-order valence-corrected chi connectivity index (χ2v) is 8.76. The fourth-order valence-electron chi connectivity index (χ4n) is 3.41. The first-order valence-corrected chi connectivity index (χ1v) is 10.5. The number of rotatable bonds is 6. The van der Waals surface area contributed by atoms with Crippen molar-refractivity contribution in [1.29, 1.82) is 0 Å². The van der Waals surface area contributed by atoms with Gasteiger partial charge in [0.25, 0.3) is 0 Å². The van der Waals surface area contributed by atoms with Crippen molar-refractivity contribution in [2.45, 2.75) is 52.2 Å². The molecule has 0 aliphatic carbocycles. The van der Waals surface area contributed by atoms with Crippen molar-refractivity contribution in [2.75, 3.05) is 12.0 Å². The largest absolute Gasteiger partial charge is 0.494 e. The van der Waals surface area contributed by atoms with Gasteiger partial charge >= 0.3 is 0 Å². The average Bonchev–Trinajstić information content (AvgIpc) is 3.04. The summed E-state index contributed by atoms with van der Waals surface area (Å²) in [6.07, 6.45) is 2.99. The maximum Gasteiger partial charge on any atom is 0.163 e. The number of hydrazine groups is 1. The molecule has 1 aliphatic rings. The summed E-state index contributed by atoms with van der Waals surface area (Å²) in [5.74, 6) is 8.01. The summed E-state index contributed by atoms with van der Waals surface area (Å²) in [5.41, 5.74) is 4.76. The number of nitrogens with two attached hydrogens (primary N) is 1. The van der Waals surface area contributed by atoms with Crippen LogP contribution in [0.25, 0.3) is 21.6 Å². The van der Waals surface area contributed by atoms with Gasteiger partial charge < -0.3 is 14.9 Å². The molecule has 6 nitrogen and oxygen atoms in total. The summed E-state index contributed by atoms with van der Waals surface area (Å²) in [7, 11) is 0. The zero-order valence-corrected chi connectivity index (χ0v) is 17.4. The van der Waals surface area contributed by atoms with Gasteiger partial charge in [0.05, 0.1) is 24.2 Å². The van der Waals surface area contributed by atoms with Crippen LogP contribution in [0.2, 0.25) is 0 Å². The lowest BCUT2D eigenvalue weighted by molar-refractivity contribution is -0.0379. The predicted octanol–water partition coefficient (Wildman–Crippen LogP) is 4.67. The molecule has 0 unspecified atom stereocenters. The summed E-state index contributed by atoms with van der Waals surface area (Å²) in [5, 5.41) is 1.02. The van der Waals surface area contributed by atoms with E-state index in [9.17, 15) is 0 Å². The lowest BCUT2D eigenvalue weighted by Crippen LogP contribution is -2.31. The van der Waals surface area contributed by atoms with Crippen LogP contribution in [0, 0.1) is 0 Å². The Balaban J connectivity index is 1.69. The molecule has 0 fully saturated rings. The molecule has 0 spiro atoms. The first kappa shape index (κ1) is 19.1. The third kappa shape index (κ3) is 3.70. The number of ether oxygens (including phenoxy) is 2. The first-order chi connectivity index (χ1) is 13.5. The van der Waals surface area contributed by atoms with E-state index >= 15 is 0 Å². The molecular formula is C21H26N4O2S. The third-order valence-electron chi connectivity index (χ3n) is 4.95. The van der Waals surface area contributed by atoms with Crippen LogP contribution in [0.3, 0.4) is 0 Å². The number of hydrogen-bond acceptors (Lipinski definition) is 7. The molecule has 2 aromatic heterocycles. The molecule has 1 aromatic carbocycles. The highest BCUT2D eigenvalue weighted by atomic mass is 32.1. The van der Waals surface area contributed by atoms with Gasteiger partial charge in [-0.2, -0.15) is 0 Å². The molecule has 0 amide bonds. The van der Waals surface area contributed by atoms with E-state index in [4.69, 9.17) is 25.3 Å². The number of nitrogen functional groups attached to an aromatic ring is 1. The van der Waals surface area contributed by atoms with E-state index in [2.05, 4.69) is 26.2 Å². The van der Waals surface area contributed by atoms with Crippen molar-refractivity contribution >= 4 is 27.4 Å². The number of unbranched alkanes of at least 4 members (excludes halogenated alkanes) is 1. The van der Waals surface area contributed by atoms with Crippen LogP contribution >= 0.6 is 11.3 Å². The molecule has 0 saturated heterocycles. The molecule has 0 saturated carbocycles. The molecule has 28 heavy (non-hydrogen) atoms. The Morgan fingerprint density at radius 1 is 1.25 bits per heavy atom. The van der Waals surface area contributed by atoms with Crippen LogP contribution in [0.15, 0.2) is 24.3 Å².